The first kappa shape index (κ1) is 13.4. The molecule has 3 unspecified atom stereocenters. The molecule has 3 saturated carbocycles. The minimum atomic E-state index is -0.505. The van der Waals surface area contributed by atoms with E-state index in [4.69, 9.17) is 0 Å². The number of aromatic hydroxyl groups is 1. The van der Waals surface area contributed by atoms with E-state index in [0.29, 0.717) is 12.0 Å². The second kappa shape index (κ2) is 4.85. The number of hydrogen-bond acceptors (Lipinski definition) is 3. The molecule has 0 heterocycles. The van der Waals surface area contributed by atoms with Crippen molar-refractivity contribution in [2.24, 2.45) is 17.3 Å². The van der Waals surface area contributed by atoms with Crippen molar-refractivity contribution in [2.75, 3.05) is 13.1 Å². The normalized spacial score (nSPS) is 34.2. The quantitative estimate of drug-likeness (QED) is 0.729. The predicted molar refractivity (Wildman–Crippen MR) is 81.9 cm³/mol. The Morgan fingerprint density at radius 1 is 1.19 bits per heavy atom. The van der Waals surface area contributed by atoms with Crippen molar-refractivity contribution in [2.45, 2.75) is 31.8 Å². The van der Waals surface area contributed by atoms with E-state index < -0.39 is 6.10 Å². The SMILES string of the molecule is Oc1ccc(C(O)CNCC23CC=C4C(CC4C2)C3)cc1. The van der Waals surface area contributed by atoms with Gasteiger partial charge in [-0.25, -0.2) is 0 Å². The van der Waals surface area contributed by atoms with Crippen LogP contribution < -0.4 is 5.32 Å². The Labute approximate surface area is 125 Å². The number of allylic oxidation sites excluding steroid dienone is 2. The number of benzene rings is 1. The number of phenolic OH excluding ortho intramolecular Hbond substituents is 1. The maximum atomic E-state index is 10.2. The zero-order valence-electron chi connectivity index (χ0n) is 12.3. The van der Waals surface area contributed by atoms with Crippen molar-refractivity contribution >= 4 is 0 Å². The first-order valence-corrected chi connectivity index (χ1v) is 8.03. The van der Waals surface area contributed by atoms with Gasteiger partial charge in [-0.05, 0) is 60.6 Å². The number of phenols is 1. The monoisotopic (exact) mass is 285 g/mol. The van der Waals surface area contributed by atoms with Crippen LogP contribution in [0.15, 0.2) is 35.9 Å². The lowest BCUT2D eigenvalue weighted by Crippen LogP contribution is -2.51. The predicted octanol–water partition coefficient (Wildman–Crippen LogP) is 2.76. The third kappa shape index (κ3) is 2.29. The van der Waals surface area contributed by atoms with Gasteiger partial charge in [0.1, 0.15) is 5.75 Å². The molecule has 21 heavy (non-hydrogen) atoms. The summed E-state index contributed by atoms with van der Waals surface area (Å²) in [6, 6.07) is 6.81. The average Bonchev–Trinajstić information content (AvgIpc) is 2.48. The number of hydrogen-bond donors (Lipinski definition) is 3. The van der Waals surface area contributed by atoms with Gasteiger partial charge in [-0.1, -0.05) is 23.8 Å². The molecule has 0 aromatic heterocycles. The molecule has 6 rings (SSSR count). The highest BCUT2D eigenvalue weighted by Gasteiger charge is 2.52. The van der Waals surface area contributed by atoms with Gasteiger partial charge in [0.05, 0.1) is 6.10 Å². The summed E-state index contributed by atoms with van der Waals surface area (Å²) in [5.74, 6) is 1.99. The lowest BCUT2D eigenvalue weighted by molar-refractivity contribution is 0.0354. The van der Waals surface area contributed by atoms with Gasteiger partial charge in [0.2, 0.25) is 0 Å². The van der Waals surface area contributed by atoms with Crippen LogP contribution in [0.5, 0.6) is 5.75 Å². The van der Waals surface area contributed by atoms with Crippen LogP contribution in [0.3, 0.4) is 0 Å². The Kier molecular flexibility index (Phi) is 3.09. The topological polar surface area (TPSA) is 52.5 Å². The van der Waals surface area contributed by atoms with Crippen LogP contribution in [0, 0.1) is 17.3 Å². The van der Waals surface area contributed by atoms with Crippen LogP contribution in [-0.2, 0) is 0 Å². The fourth-order valence-electron chi connectivity index (χ4n) is 4.66. The van der Waals surface area contributed by atoms with E-state index in [0.717, 1.165) is 23.9 Å². The van der Waals surface area contributed by atoms with Crippen LogP contribution >= 0.6 is 0 Å². The number of fused-ring (bicyclic) bond motifs is 1. The smallest absolute Gasteiger partial charge is 0.115 e. The number of nitrogens with one attached hydrogen (secondary N) is 1. The molecule has 0 spiro atoms. The molecule has 5 aliphatic carbocycles. The van der Waals surface area contributed by atoms with Crippen molar-refractivity contribution in [3.63, 3.8) is 0 Å². The van der Waals surface area contributed by atoms with E-state index in [1.807, 2.05) is 0 Å². The summed E-state index contributed by atoms with van der Waals surface area (Å²) in [6.45, 7) is 1.59. The lowest BCUT2D eigenvalue weighted by Gasteiger charge is -2.58. The van der Waals surface area contributed by atoms with Gasteiger partial charge in [-0.2, -0.15) is 0 Å². The third-order valence-corrected chi connectivity index (χ3v) is 5.76. The minimum absolute atomic E-state index is 0.240. The number of rotatable bonds is 5. The van der Waals surface area contributed by atoms with Gasteiger partial charge in [-0.15, -0.1) is 0 Å². The Balaban J connectivity index is 1.32. The van der Waals surface area contributed by atoms with Gasteiger partial charge < -0.3 is 15.5 Å². The number of aliphatic hydroxyl groups is 1. The fourth-order valence-corrected chi connectivity index (χ4v) is 4.66. The molecule has 3 nitrogen and oxygen atoms in total. The molecule has 3 atom stereocenters. The zero-order valence-corrected chi connectivity index (χ0v) is 12.3. The zero-order chi connectivity index (χ0) is 14.4. The van der Waals surface area contributed by atoms with Gasteiger partial charge in [0.15, 0.2) is 0 Å². The van der Waals surface area contributed by atoms with Gasteiger partial charge in [0, 0.05) is 13.1 Å². The van der Waals surface area contributed by atoms with E-state index in [1.54, 1.807) is 29.8 Å². The first-order valence-electron chi connectivity index (χ1n) is 8.03. The Morgan fingerprint density at radius 3 is 2.57 bits per heavy atom. The van der Waals surface area contributed by atoms with E-state index in [2.05, 4.69) is 11.4 Å². The van der Waals surface area contributed by atoms with Crippen LogP contribution in [0.4, 0.5) is 0 Å². The molecular formula is C18H23NO2. The summed E-state index contributed by atoms with van der Waals surface area (Å²) in [6.07, 6.45) is 7.32. The van der Waals surface area contributed by atoms with Crippen LogP contribution in [0.2, 0.25) is 0 Å². The minimum Gasteiger partial charge on any atom is -0.508 e. The van der Waals surface area contributed by atoms with Gasteiger partial charge in [0.25, 0.3) is 0 Å². The van der Waals surface area contributed by atoms with Gasteiger partial charge >= 0.3 is 0 Å². The lowest BCUT2D eigenvalue weighted by atomic mass is 9.48. The molecule has 3 fully saturated rings. The Morgan fingerprint density at radius 2 is 1.90 bits per heavy atom. The summed E-state index contributed by atoms with van der Waals surface area (Å²) in [5.41, 5.74) is 3.06. The van der Waals surface area contributed by atoms with E-state index in [9.17, 15) is 10.2 Å². The second-order valence-electron chi connectivity index (χ2n) is 7.18. The highest BCUT2D eigenvalue weighted by Crippen LogP contribution is 2.62. The van der Waals surface area contributed by atoms with Crippen molar-refractivity contribution in [1.29, 1.82) is 0 Å². The van der Waals surface area contributed by atoms with Crippen molar-refractivity contribution in [3.05, 3.63) is 41.5 Å². The molecule has 0 amide bonds. The van der Waals surface area contributed by atoms with Crippen molar-refractivity contribution < 1.29 is 10.2 Å². The highest BCUT2D eigenvalue weighted by molar-refractivity contribution is 5.30. The molecule has 1 aromatic rings. The summed E-state index contributed by atoms with van der Waals surface area (Å²) < 4.78 is 0. The average molecular weight is 285 g/mol. The van der Waals surface area contributed by atoms with E-state index >= 15 is 0 Å². The summed E-state index contributed by atoms with van der Waals surface area (Å²) in [4.78, 5) is 0. The van der Waals surface area contributed by atoms with E-state index in [-0.39, 0.29) is 5.75 Å². The van der Waals surface area contributed by atoms with Crippen molar-refractivity contribution in [3.8, 4) is 5.75 Å². The van der Waals surface area contributed by atoms with Gasteiger partial charge in [-0.3, -0.25) is 0 Å². The standard InChI is InChI=1S/C18H23NO2/c20-15-3-1-12(2-4-15)17(21)10-19-11-18-6-5-16-13(8-18)7-14(16)9-18/h1-5,13-14,17,19-21H,6-11H2. The summed E-state index contributed by atoms with van der Waals surface area (Å²) in [5, 5.41) is 23.0. The molecule has 5 aliphatic rings. The maximum Gasteiger partial charge on any atom is 0.115 e. The molecule has 4 bridgehead atoms. The first-order chi connectivity index (χ1) is 10.2. The summed E-state index contributed by atoms with van der Waals surface area (Å²) >= 11 is 0. The molecular weight excluding hydrogens is 262 g/mol. The van der Waals surface area contributed by atoms with Crippen LogP contribution in [0.25, 0.3) is 0 Å². The molecule has 3 heteroatoms. The van der Waals surface area contributed by atoms with Crippen LogP contribution in [0.1, 0.15) is 37.4 Å². The fraction of sp³-hybridized carbons (Fsp3) is 0.556. The number of aliphatic hydroxyl groups excluding tert-OH is 1. The highest BCUT2D eigenvalue weighted by atomic mass is 16.3. The molecule has 0 aliphatic heterocycles. The molecule has 0 saturated heterocycles. The molecule has 1 aromatic carbocycles. The van der Waals surface area contributed by atoms with Crippen molar-refractivity contribution in [1.82, 2.24) is 5.32 Å². The summed E-state index contributed by atoms with van der Waals surface area (Å²) in [7, 11) is 0. The molecule has 3 N–H and O–H groups in total. The molecule has 112 valence electrons. The molecule has 0 radical (unpaired) electrons. The Hall–Kier alpha value is -1.32. The largest absolute Gasteiger partial charge is 0.508 e. The maximum absolute atomic E-state index is 10.2. The van der Waals surface area contributed by atoms with Crippen LogP contribution in [-0.4, -0.2) is 23.3 Å². The Bertz CT molecular complexity index is 549. The third-order valence-electron chi connectivity index (χ3n) is 5.76. The van der Waals surface area contributed by atoms with E-state index in [1.165, 1.54) is 25.7 Å². The second-order valence-corrected chi connectivity index (χ2v) is 7.18.